The molecule has 1 aromatic carbocycles. The first-order chi connectivity index (χ1) is 5.93. The molecule has 0 aliphatic heterocycles. The van der Waals surface area contributed by atoms with Gasteiger partial charge in [-0.25, -0.2) is 0 Å². The summed E-state index contributed by atoms with van der Waals surface area (Å²) < 4.78 is 5.25. The summed E-state index contributed by atoms with van der Waals surface area (Å²) >= 11 is 3.27. The zero-order valence-corrected chi connectivity index (χ0v) is 8.33. The van der Waals surface area contributed by atoms with Gasteiger partial charge in [0.1, 0.15) is 6.61 Å². The predicted molar refractivity (Wildman–Crippen MR) is 54.2 cm³/mol. The maximum Gasteiger partial charge on any atom is 0.112 e. The molecule has 1 aromatic rings. The van der Waals surface area contributed by atoms with E-state index < -0.39 is 0 Å². The Morgan fingerprint density at radius 3 is 2.67 bits per heavy atom. The summed E-state index contributed by atoms with van der Waals surface area (Å²) in [5.74, 6) is 0. The van der Waals surface area contributed by atoms with E-state index in [1.54, 1.807) is 6.26 Å². The van der Waals surface area contributed by atoms with Crippen LogP contribution in [-0.2, 0) is 11.3 Å². The van der Waals surface area contributed by atoms with Gasteiger partial charge in [-0.1, -0.05) is 46.3 Å². The SMILES string of the molecule is BrCC=COCc1ccccc1. The van der Waals surface area contributed by atoms with Crippen molar-refractivity contribution in [2.24, 2.45) is 0 Å². The molecule has 0 fully saturated rings. The lowest BCUT2D eigenvalue weighted by atomic mass is 10.2. The van der Waals surface area contributed by atoms with Gasteiger partial charge in [0, 0.05) is 5.33 Å². The topological polar surface area (TPSA) is 9.23 Å². The molecule has 0 N–H and O–H groups in total. The van der Waals surface area contributed by atoms with Crippen LogP contribution in [0.2, 0.25) is 0 Å². The van der Waals surface area contributed by atoms with Crippen LogP contribution in [0.25, 0.3) is 0 Å². The molecule has 1 rings (SSSR count). The number of halogens is 1. The summed E-state index contributed by atoms with van der Waals surface area (Å²) in [6.45, 7) is 0.643. The smallest absolute Gasteiger partial charge is 0.112 e. The average molecular weight is 227 g/mol. The molecule has 0 radical (unpaired) electrons. The third kappa shape index (κ3) is 3.58. The van der Waals surface area contributed by atoms with Crippen molar-refractivity contribution >= 4 is 15.9 Å². The van der Waals surface area contributed by atoms with E-state index in [9.17, 15) is 0 Å². The minimum Gasteiger partial charge on any atom is -0.497 e. The van der Waals surface area contributed by atoms with E-state index >= 15 is 0 Å². The maximum atomic E-state index is 5.25. The molecule has 0 aromatic heterocycles. The Labute approximate surface area is 81.2 Å². The van der Waals surface area contributed by atoms with Crippen LogP contribution >= 0.6 is 15.9 Å². The number of allylic oxidation sites excluding steroid dienone is 1. The number of hydrogen-bond donors (Lipinski definition) is 0. The first kappa shape index (κ1) is 9.33. The van der Waals surface area contributed by atoms with Crippen LogP contribution in [0.4, 0.5) is 0 Å². The summed E-state index contributed by atoms with van der Waals surface area (Å²) in [5, 5.41) is 0.835. The van der Waals surface area contributed by atoms with Crippen molar-refractivity contribution in [1.82, 2.24) is 0 Å². The molecule has 0 aliphatic rings. The second-order valence-corrected chi connectivity index (χ2v) is 2.97. The minimum absolute atomic E-state index is 0.643. The van der Waals surface area contributed by atoms with Crippen LogP contribution in [0.15, 0.2) is 42.7 Å². The van der Waals surface area contributed by atoms with Gasteiger partial charge in [-0.05, 0) is 11.6 Å². The van der Waals surface area contributed by atoms with Gasteiger partial charge < -0.3 is 4.74 Å². The minimum atomic E-state index is 0.643. The van der Waals surface area contributed by atoms with Crippen LogP contribution in [-0.4, -0.2) is 5.33 Å². The summed E-state index contributed by atoms with van der Waals surface area (Å²) in [7, 11) is 0. The summed E-state index contributed by atoms with van der Waals surface area (Å²) in [6, 6.07) is 10.1. The third-order valence-corrected chi connectivity index (χ3v) is 1.75. The lowest BCUT2D eigenvalue weighted by molar-refractivity contribution is 0.236. The number of ether oxygens (including phenoxy) is 1. The molecule has 0 aliphatic carbocycles. The predicted octanol–water partition coefficient (Wildman–Crippen LogP) is 3.11. The molecule has 0 saturated heterocycles. The lowest BCUT2D eigenvalue weighted by Crippen LogP contribution is -1.84. The van der Waals surface area contributed by atoms with Crippen molar-refractivity contribution in [2.45, 2.75) is 6.61 Å². The van der Waals surface area contributed by atoms with Crippen molar-refractivity contribution in [2.75, 3.05) is 5.33 Å². The van der Waals surface area contributed by atoms with E-state index in [0.29, 0.717) is 6.61 Å². The standard InChI is InChI=1S/C10H11BrO/c11-7-4-8-12-9-10-5-2-1-3-6-10/h1-6,8H,7,9H2. The molecule has 0 saturated carbocycles. The quantitative estimate of drug-likeness (QED) is 0.567. The summed E-state index contributed by atoms with van der Waals surface area (Å²) in [5.41, 5.74) is 1.19. The van der Waals surface area contributed by atoms with Gasteiger partial charge in [-0.3, -0.25) is 0 Å². The maximum absolute atomic E-state index is 5.25. The molecule has 0 unspecified atom stereocenters. The number of rotatable bonds is 4. The molecule has 1 nitrogen and oxygen atoms in total. The van der Waals surface area contributed by atoms with Crippen molar-refractivity contribution in [3.05, 3.63) is 48.2 Å². The largest absolute Gasteiger partial charge is 0.497 e. The highest BCUT2D eigenvalue weighted by Gasteiger charge is 1.86. The fraction of sp³-hybridized carbons (Fsp3) is 0.200. The molecule has 0 atom stereocenters. The van der Waals surface area contributed by atoms with E-state index in [4.69, 9.17) is 4.74 Å². The highest BCUT2D eigenvalue weighted by atomic mass is 79.9. The van der Waals surface area contributed by atoms with Crippen LogP contribution in [0.5, 0.6) is 0 Å². The van der Waals surface area contributed by atoms with Crippen molar-refractivity contribution < 1.29 is 4.74 Å². The van der Waals surface area contributed by atoms with Gasteiger partial charge in [-0.15, -0.1) is 0 Å². The number of benzene rings is 1. The molecular formula is C10H11BrO. The second-order valence-electron chi connectivity index (χ2n) is 2.32. The lowest BCUT2D eigenvalue weighted by Gasteiger charge is -1.99. The Bertz CT molecular complexity index is 231. The van der Waals surface area contributed by atoms with Gasteiger partial charge in [0.15, 0.2) is 0 Å². The first-order valence-electron chi connectivity index (χ1n) is 3.80. The van der Waals surface area contributed by atoms with Gasteiger partial charge in [0.25, 0.3) is 0 Å². The third-order valence-electron chi connectivity index (χ3n) is 1.37. The normalized spacial score (nSPS) is 10.4. The zero-order chi connectivity index (χ0) is 8.65. The molecular weight excluding hydrogens is 216 g/mol. The van der Waals surface area contributed by atoms with Crippen molar-refractivity contribution in [3.8, 4) is 0 Å². The Hall–Kier alpha value is -0.760. The summed E-state index contributed by atoms with van der Waals surface area (Å²) in [4.78, 5) is 0. The van der Waals surface area contributed by atoms with E-state index in [1.807, 2.05) is 36.4 Å². The molecule has 64 valence electrons. The van der Waals surface area contributed by atoms with Crippen LogP contribution < -0.4 is 0 Å². The van der Waals surface area contributed by atoms with Crippen molar-refractivity contribution in [3.63, 3.8) is 0 Å². The Balaban J connectivity index is 2.29. The molecule has 0 spiro atoms. The highest BCUT2D eigenvalue weighted by Crippen LogP contribution is 2.00. The van der Waals surface area contributed by atoms with E-state index in [2.05, 4.69) is 15.9 Å². The summed E-state index contributed by atoms with van der Waals surface area (Å²) in [6.07, 6.45) is 3.63. The Morgan fingerprint density at radius 1 is 1.25 bits per heavy atom. The van der Waals surface area contributed by atoms with E-state index in [-0.39, 0.29) is 0 Å². The average Bonchev–Trinajstić information content (AvgIpc) is 2.14. The molecule has 0 bridgehead atoms. The molecule has 2 heteroatoms. The molecule has 12 heavy (non-hydrogen) atoms. The van der Waals surface area contributed by atoms with Crippen LogP contribution in [0.1, 0.15) is 5.56 Å². The molecule has 0 heterocycles. The Kier molecular flexibility index (Phi) is 4.54. The fourth-order valence-electron chi connectivity index (χ4n) is 0.823. The van der Waals surface area contributed by atoms with Crippen molar-refractivity contribution in [1.29, 1.82) is 0 Å². The van der Waals surface area contributed by atoms with Gasteiger partial charge in [0.2, 0.25) is 0 Å². The first-order valence-corrected chi connectivity index (χ1v) is 4.92. The number of alkyl halides is 1. The molecule has 0 amide bonds. The van der Waals surface area contributed by atoms with Gasteiger partial charge in [-0.2, -0.15) is 0 Å². The monoisotopic (exact) mass is 226 g/mol. The van der Waals surface area contributed by atoms with E-state index in [0.717, 1.165) is 5.33 Å². The second kappa shape index (κ2) is 5.84. The van der Waals surface area contributed by atoms with Crippen LogP contribution in [0, 0.1) is 0 Å². The van der Waals surface area contributed by atoms with Gasteiger partial charge in [0.05, 0.1) is 6.26 Å². The number of hydrogen-bond acceptors (Lipinski definition) is 1. The van der Waals surface area contributed by atoms with Gasteiger partial charge >= 0.3 is 0 Å². The zero-order valence-electron chi connectivity index (χ0n) is 6.74. The van der Waals surface area contributed by atoms with E-state index in [1.165, 1.54) is 5.56 Å². The van der Waals surface area contributed by atoms with Crippen LogP contribution in [0.3, 0.4) is 0 Å². The fourth-order valence-corrected chi connectivity index (χ4v) is 0.976. The highest BCUT2D eigenvalue weighted by molar-refractivity contribution is 9.09. The Morgan fingerprint density at radius 2 is 2.00 bits per heavy atom.